The zero-order chi connectivity index (χ0) is 16.8. The highest BCUT2D eigenvalue weighted by Gasteiger charge is 2.14. The highest BCUT2D eigenvalue weighted by Crippen LogP contribution is 2.21. The Labute approximate surface area is 147 Å². The summed E-state index contributed by atoms with van der Waals surface area (Å²) >= 11 is 4.83. The van der Waals surface area contributed by atoms with Crippen LogP contribution >= 0.6 is 27.7 Å². The molecule has 0 heterocycles. The fourth-order valence-electron chi connectivity index (χ4n) is 1.98. The van der Waals surface area contributed by atoms with Crippen LogP contribution in [0, 0.1) is 6.92 Å². The van der Waals surface area contributed by atoms with Crippen molar-refractivity contribution >= 4 is 45.3 Å². The molecule has 0 radical (unpaired) electrons. The van der Waals surface area contributed by atoms with Gasteiger partial charge in [0, 0.05) is 15.1 Å². The van der Waals surface area contributed by atoms with Gasteiger partial charge < -0.3 is 10.1 Å². The number of halogens is 1. The number of esters is 1. The van der Waals surface area contributed by atoms with Crippen molar-refractivity contribution in [3.8, 4) is 0 Å². The summed E-state index contributed by atoms with van der Waals surface area (Å²) in [6, 6.07) is 12.7. The first-order valence-electron chi connectivity index (χ1n) is 6.87. The second kappa shape index (κ2) is 8.17. The zero-order valence-electron chi connectivity index (χ0n) is 12.8. The van der Waals surface area contributed by atoms with E-state index in [-0.39, 0.29) is 12.5 Å². The number of amides is 1. The number of carbonyl (C=O) groups is 2. The van der Waals surface area contributed by atoms with Gasteiger partial charge in [-0.3, -0.25) is 4.79 Å². The van der Waals surface area contributed by atoms with E-state index >= 15 is 0 Å². The van der Waals surface area contributed by atoms with Gasteiger partial charge in [-0.2, -0.15) is 0 Å². The minimum Gasteiger partial charge on any atom is -0.452 e. The largest absolute Gasteiger partial charge is 0.452 e. The van der Waals surface area contributed by atoms with Gasteiger partial charge in [-0.15, -0.1) is 11.8 Å². The topological polar surface area (TPSA) is 55.4 Å². The summed E-state index contributed by atoms with van der Waals surface area (Å²) < 4.78 is 6.03. The number of thioether (sulfide) groups is 1. The highest BCUT2D eigenvalue weighted by molar-refractivity contribution is 9.10. The fourth-order valence-corrected chi connectivity index (χ4v) is 3.04. The maximum atomic E-state index is 12.1. The number of nitrogens with one attached hydrogen (secondary N) is 1. The van der Waals surface area contributed by atoms with Gasteiger partial charge in [0.15, 0.2) is 6.61 Å². The third kappa shape index (κ3) is 4.84. The molecule has 0 aliphatic rings. The lowest BCUT2D eigenvalue weighted by molar-refractivity contribution is -0.119. The molecule has 0 fully saturated rings. The summed E-state index contributed by atoms with van der Waals surface area (Å²) in [5, 5.41) is 2.73. The predicted molar refractivity (Wildman–Crippen MR) is 96.0 cm³/mol. The van der Waals surface area contributed by atoms with E-state index in [1.165, 1.54) is 11.8 Å². The van der Waals surface area contributed by atoms with Crippen LogP contribution in [0.25, 0.3) is 0 Å². The lowest BCUT2D eigenvalue weighted by atomic mass is 10.2. The van der Waals surface area contributed by atoms with Crippen LogP contribution < -0.4 is 5.32 Å². The first-order valence-corrected chi connectivity index (χ1v) is 8.89. The number of carbonyl (C=O) groups excluding carboxylic acids is 2. The molecular formula is C17H16BrNO3S. The number of hydrogen-bond acceptors (Lipinski definition) is 4. The Bertz CT molecular complexity index is 734. The molecular weight excluding hydrogens is 378 g/mol. The van der Waals surface area contributed by atoms with Gasteiger partial charge in [-0.1, -0.05) is 28.1 Å². The molecule has 6 heteroatoms. The Kier molecular flexibility index (Phi) is 6.24. The molecule has 1 amide bonds. The predicted octanol–water partition coefficient (Wildman–Crippen LogP) is 4.27. The van der Waals surface area contributed by atoms with Crippen molar-refractivity contribution < 1.29 is 14.3 Å². The first kappa shape index (κ1) is 17.6. The zero-order valence-corrected chi connectivity index (χ0v) is 15.2. The number of hydrogen-bond donors (Lipinski definition) is 1. The van der Waals surface area contributed by atoms with Crippen molar-refractivity contribution in [3.63, 3.8) is 0 Å². The van der Waals surface area contributed by atoms with E-state index in [2.05, 4.69) is 21.2 Å². The summed E-state index contributed by atoms with van der Waals surface area (Å²) in [5.41, 5.74) is 2.08. The van der Waals surface area contributed by atoms with Gasteiger partial charge in [-0.05, 0) is 49.1 Å². The van der Waals surface area contributed by atoms with Crippen LogP contribution in [0.1, 0.15) is 15.9 Å². The molecule has 1 N–H and O–H groups in total. The molecule has 4 nitrogen and oxygen atoms in total. The Morgan fingerprint density at radius 1 is 1.22 bits per heavy atom. The molecule has 0 aliphatic carbocycles. The minimum absolute atomic E-state index is 0.322. The summed E-state index contributed by atoms with van der Waals surface area (Å²) in [6.45, 7) is 1.57. The van der Waals surface area contributed by atoms with Crippen LogP contribution in [-0.2, 0) is 9.53 Å². The summed E-state index contributed by atoms with van der Waals surface area (Å²) in [5.74, 6) is -0.872. The van der Waals surface area contributed by atoms with Crippen molar-refractivity contribution in [2.24, 2.45) is 0 Å². The average Bonchev–Trinajstić information content (AvgIpc) is 2.55. The number of ether oxygens (including phenoxy) is 1. The van der Waals surface area contributed by atoms with Gasteiger partial charge in [0.05, 0.1) is 5.56 Å². The maximum Gasteiger partial charge on any atom is 0.339 e. The van der Waals surface area contributed by atoms with E-state index < -0.39 is 5.97 Å². The lowest BCUT2D eigenvalue weighted by Crippen LogP contribution is -2.21. The highest BCUT2D eigenvalue weighted by atomic mass is 79.9. The molecule has 2 aromatic carbocycles. The molecule has 0 unspecified atom stereocenters. The van der Waals surface area contributed by atoms with Crippen LogP contribution in [-0.4, -0.2) is 24.7 Å². The molecule has 0 saturated carbocycles. The SMILES string of the molecule is CSc1ccccc1C(=O)OCC(=O)Nc1ccc(Br)cc1C. The van der Waals surface area contributed by atoms with E-state index in [9.17, 15) is 9.59 Å². The molecule has 120 valence electrons. The Hall–Kier alpha value is -1.79. The van der Waals surface area contributed by atoms with Crippen LogP contribution in [0.3, 0.4) is 0 Å². The van der Waals surface area contributed by atoms with Crippen molar-refractivity contribution in [1.29, 1.82) is 0 Å². The Morgan fingerprint density at radius 2 is 1.96 bits per heavy atom. The third-order valence-corrected chi connectivity index (χ3v) is 4.41. The summed E-state index contributed by atoms with van der Waals surface area (Å²) in [7, 11) is 0. The Balaban J connectivity index is 1.95. The van der Waals surface area contributed by atoms with Crippen molar-refractivity contribution in [1.82, 2.24) is 0 Å². The number of benzene rings is 2. The van der Waals surface area contributed by atoms with Crippen LogP contribution in [0.2, 0.25) is 0 Å². The standard InChI is InChI=1S/C17H16BrNO3S/c1-11-9-12(18)7-8-14(11)19-16(20)10-22-17(21)13-5-3-4-6-15(13)23-2/h3-9H,10H2,1-2H3,(H,19,20). The van der Waals surface area contributed by atoms with E-state index in [0.717, 1.165) is 14.9 Å². The quantitative estimate of drug-likeness (QED) is 0.608. The maximum absolute atomic E-state index is 12.1. The number of aryl methyl sites for hydroxylation is 1. The van der Waals surface area contributed by atoms with Gasteiger partial charge in [0.2, 0.25) is 0 Å². The normalized spacial score (nSPS) is 10.2. The molecule has 2 rings (SSSR count). The van der Waals surface area contributed by atoms with Crippen molar-refractivity contribution in [2.45, 2.75) is 11.8 Å². The van der Waals surface area contributed by atoms with Gasteiger partial charge in [0.25, 0.3) is 5.91 Å². The van der Waals surface area contributed by atoms with E-state index in [1.54, 1.807) is 18.2 Å². The average molecular weight is 394 g/mol. The lowest BCUT2D eigenvalue weighted by Gasteiger charge is -2.10. The second-order valence-corrected chi connectivity index (χ2v) is 6.55. The molecule has 0 aromatic heterocycles. The first-order chi connectivity index (χ1) is 11.0. The van der Waals surface area contributed by atoms with E-state index in [1.807, 2.05) is 37.4 Å². The van der Waals surface area contributed by atoms with Gasteiger partial charge in [-0.25, -0.2) is 4.79 Å². The van der Waals surface area contributed by atoms with E-state index in [4.69, 9.17) is 4.74 Å². The number of anilines is 1. The van der Waals surface area contributed by atoms with Crippen molar-refractivity contribution in [2.75, 3.05) is 18.2 Å². The number of rotatable bonds is 5. The Morgan fingerprint density at radius 3 is 2.65 bits per heavy atom. The van der Waals surface area contributed by atoms with Gasteiger partial charge >= 0.3 is 5.97 Å². The monoisotopic (exact) mass is 393 g/mol. The fraction of sp³-hybridized carbons (Fsp3) is 0.176. The van der Waals surface area contributed by atoms with Crippen LogP contribution in [0.15, 0.2) is 51.8 Å². The van der Waals surface area contributed by atoms with Crippen LogP contribution in [0.5, 0.6) is 0 Å². The molecule has 2 aromatic rings. The van der Waals surface area contributed by atoms with Crippen molar-refractivity contribution in [3.05, 3.63) is 58.1 Å². The molecule has 23 heavy (non-hydrogen) atoms. The summed E-state index contributed by atoms with van der Waals surface area (Å²) in [6.07, 6.45) is 1.88. The third-order valence-electron chi connectivity index (χ3n) is 3.12. The summed E-state index contributed by atoms with van der Waals surface area (Å²) in [4.78, 5) is 24.8. The second-order valence-electron chi connectivity index (χ2n) is 4.78. The minimum atomic E-state index is -0.502. The molecule has 0 atom stereocenters. The molecule has 0 spiro atoms. The smallest absolute Gasteiger partial charge is 0.339 e. The molecule has 0 bridgehead atoms. The van der Waals surface area contributed by atoms with E-state index in [0.29, 0.717) is 11.3 Å². The molecule has 0 saturated heterocycles. The molecule has 0 aliphatic heterocycles. The van der Waals surface area contributed by atoms with Gasteiger partial charge in [0.1, 0.15) is 0 Å². The van der Waals surface area contributed by atoms with Crippen LogP contribution in [0.4, 0.5) is 5.69 Å².